The SMILES string of the molecule is Cl.Cl.Cl.O=C1C(NCCc2c[nH]c3ccccc23)=CC2=NCCn3cnc1c32. The van der Waals surface area contributed by atoms with E-state index in [1.807, 2.05) is 29.0 Å². The van der Waals surface area contributed by atoms with Crippen molar-refractivity contribution in [3.8, 4) is 0 Å². The van der Waals surface area contributed by atoms with E-state index in [1.54, 1.807) is 6.33 Å². The second kappa shape index (κ2) is 8.82. The zero-order valence-corrected chi connectivity index (χ0v) is 17.3. The van der Waals surface area contributed by atoms with Crippen molar-refractivity contribution in [2.75, 3.05) is 13.1 Å². The summed E-state index contributed by atoms with van der Waals surface area (Å²) in [5, 5.41) is 4.51. The molecule has 5 rings (SSSR count). The molecule has 0 unspecified atom stereocenters. The van der Waals surface area contributed by atoms with Crippen molar-refractivity contribution in [1.82, 2.24) is 19.9 Å². The normalized spacial score (nSPS) is 14.1. The number of allylic oxidation sites excluding steroid dienone is 2. The van der Waals surface area contributed by atoms with Crippen LogP contribution in [-0.4, -0.2) is 39.1 Å². The van der Waals surface area contributed by atoms with E-state index in [9.17, 15) is 4.79 Å². The van der Waals surface area contributed by atoms with Gasteiger partial charge in [0, 0.05) is 30.2 Å². The van der Waals surface area contributed by atoms with Crippen LogP contribution in [0, 0.1) is 0 Å². The first-order chi connectivity index (χ1) is 12.3. The molecule has 0 saturated heterocycles. The maximum absolute atomic E-state index is 12.7. The van der Waals surface area contributed by atoms with Gasteiger partial charge in [0.25, 0.3) is 0 Å². The Labute approximate surface area is 180 Å². The summed E-state index contributed by atoms with van der Waals surface area (Å²) >= 11 is 0. The largest absolute Gasteiger partial charge is 0.381 e. The summed E-state index contributed by atoms with van der Waals surface area (Å²) in [4.78, 5) is 24.8. The Kier molecular flexibility index (Phi) is 6.93. The van der Waals surface area contributed by atoms with Crippen molar-refractivity contribution >= 4 is 59.6 Å². The number of imidazole rings is 1. The molecule has 0 amide bonds. The fourth-order valence-corrected chi connectivity index (χ4v) is 3.58. The van der Waals surface area contributed by atoms with E-state index >= 15 is 0 Å². The van der Waals surface area contributed by atoms with Gasteiger partial charge in [-0.05, 0) is 24.1 Å². The van der Waals surface area contributed by atoms with Gasteiger partial charge >= 0.3 is 0 Å². The van der Waals surface area contributed by atoms with Crippen LogP contribution in [0.5, 0.6) is 0 Å². The van der Waals surface area contributed by atoms with E-state index in [0.29, 0.717) is 17.9 Å². The van der Waals surface area contributed by atoms with Gasteiger partial charge in [-0.15, -0.1) is 37.2 Å². The lowest BCUT2D eigenvalue weighted by molar-refractivity contribution is 0.102. The monoisotopic (exact) mass is 439 g/mol. The van der Waals surface area contributed by atoms with Gasteiger partial charge in [-0.1, -0.05) is 18.2 Å². The van der Waals surface area contributed by atoms with Gasteiger partial charge in [-0.2, -0.15) is 0 Å². The van der Waals surface area contributed by atoms with Crippen molar-refractivity contribution in [3.05, 3.63) is 65.5 Å². The van der Waals surface area contributed by atoms with E-state index < -0.39 is 0 Å². The predicted octanol–water partition coefficient (Wildman–Crippen LogP) is 3.35. The first kappa shape index (κ1) is 22.0. The highest BCUT2D eigenvalue weighted by atomic mass is 35.5. The number of ketones is 1. The minimum atomic E-state index is -0.0477. The summed E-state index contributed by atoms with van der Waals surface area (Å²) in [5.41, 5.74) is 5.18. The molecule has 2 N–H and O–H groups in total. The summed E-state index contributed by atoms with van der Waals surface area (Å²) < 4.78 is 2.01. The van der Waals surface area contributed by atoms with Gasteiger partial charge in [0.1, 0.15) is 5.69 Å². The topological polar surface area (TPSA) is 75.1 Å². The Morgan fingerprint density at radius 3 is 2.86 bits per heavy atom. The third-order valence-electron chi connectivity index (χ3n) is 4.83. The Balaban J connectivity index is 0.000000934. The number of para-hydroxylation sites is 1. The number of hydrogen-bond acceptors (Lipinski definition) is 4. The second-order valence-electron chi connectivity index (χ2n) is 6.33. The van der Waals surface area contributed by atoms with Crippen LogP contribution in [0.4, 0.5) is 0 Å². The number of nitrogens with one attached hydrogen (secondary N) is 2. The van der Waals surface area contributed by atoms with Gasteiger partial charge in [0.05, 0.1) is 30.0 Å². The molecule has 1 aliphatic carbocycles. The molecule has 0 saturated carbocycles. The molecule has 0 spiro atoms. The number of Topliss-reactive ketones (excluding diaryl/α,β-unsaturated/α-hetero) is 1. The van der Waals surface area contributed by atoms with Crippen LogP contribution in [0.2, 0.25) is 0 Å². The quantitative estimate of drug-likeness (QED) is 0.653. The highest BCUT2D eigenvalue weighted by Crippen LogP contribution is 2.22. The minimum absolute atomic E-state index is 0. The molecule has 0 atom stereocenters. The van der Waals surface area contributed by atoms with Gasteiger partial charge in [-0.3, -0.25) is 9.79 Å². The fraction of sp³-hybridized carbons (Fsp3) is 0.211. The number of benzene rings is 1. The zero-order chi connectivity index (χ0) is 16.8. The fourth-order valence-electron chi connectivity index (χ4n) is 3.58. The number of halogens is 3. The number of aromatic amines is 1. The third-order valence-corrected chi connectivity index (χ3v) is 4.83. The number of carbonyl (C=O) groups excluding carboxylic acids is 1. The summed E-state index contributed by atoms with van der Waals surface area (Å²) in [6.45, 7) is 2.20. The maximum atomic E-state index is 12.7. The van der Waals surface area contributed by atoms with Crippen LogP contribution < -0.4 is 5.32 Å². The average molecular weight is 441 g/mol. The van der Waals surface area contributed by atoms with Gasteiger partial charge in [0.2, 0.25) is 5.78 Å². The van der Waals surface area contributed by atoms with E-state index in [-0.39, 0.29) is 43.0 Å². The van der Waals surface area contributed by atoms with Crippen LogP contribution in [0.1, 0.15) is 21.7 Å². The molecule has 9 heteroatoms. The Morgan fingerprint density at radius 1 is 1.18 bits per heavy atom. The second-order valence-corrected chi connectivity index (χ2v) is 6.33. The molecule has 0 radical (unpaired) electrons. The van der Waals surface area contributed by atoms with Crippen molar-refractivity contribution in [2.45, 2.75) is 13.0 Å². The summed E-state index contributed by atoms with van der Waals surface area (Å²) in [7, 11) is 0. The number of hydrogen-bond donors (Lipinski definition) is 2. The van der Waals surface area contributed by atoms with Gasteiger partial charge in [-0.25, -0.2) is 4.98 Å². The highest BCUT2D eigenvalue weighted by molar-refractivity contribution is 6.24. The molecular formula is C19H20Cl3N5O. The first-order valence-electron chi connectivity index (χ1n) is 8.46. The number of rotatable bonds is 4. The predicted molar refractivity (Wildman–Crippen MR) is 118 cm³/mol. The Bertz CT molecular complexity index is 1070. The molecule has 1 aliphatic heterocycles. The van der Waals surface area contributed by atoms with E-state index in [2.05, 4.69) is 32.4 Å². The average Bonchev–Trinajstić information content (AvgIpc) is 3.25. The first-order valence-corrected chi connectivity index (χ1v) is 8.46. The molecule has 3 aromatic rings. The number of aliphatic imine (C=N–C) groups is 1. The lowest BCUT2D eigenvalue weighted by atomic mass is 10.0. The molecule has 28 heavy (non-hydrogen) atoms. The van der Waals surface area contributed by atoms with E-state index in [1.165, 1.54) is 10.9 Å². The lowest BCUT2D eigenvalue weighted by Crippen LogP contribution is -2.31. The Hall–Kier alpha value is -2.28. The van der Waals surface area contributed by atoms with Crippen LogP contribution in [0.25, 0.3) is 10.9 Å². The van der Waals surface area contributed by atoms with Crippen LogP contribution >= 0.6 is 37.2 Å². The highest BCUT2D eigenvalue weighted by Gasteiger charge is 2.30. The zero-order valence-electron chi connectivity index (χ0n) is 14.8. The van der Waals surface area contributed by atoms with Crippen molar-refractivity contribution in [2.24, 2.45) is 4.99 Å². The van der Waals surface area contributed by atoms with E-state index in [4.69, 9.17) is 0 Å². The third kappa shape index (κ3) is 3.55. The number of nitrogens with zero attached hydrogens (tertiary/aromatic N) is 3. The smallest absolute Gasteiger partial charge is 0.229 e. The summed E-state index contributed by atoms with van der Waals surface area (Å²) in [5.74, 6) is -0.0477. The van der Waals surface area contributed by atoms with Crippen LogP contribution in [-0.2, 0) is 13.0 Å². The van der Waals surface area contributed by atoms with Crippen LogP contribution in [0.3, 0.4) is 0 Å². The summed E-state index contributed by atoms with van der Waals surface area (Å²) in [6, 6.07) is 8.24. The molecule has 1 aromatic carbocycles. The molecule has 2 aliphatic rings. The number of carbonyl (C=O) groups is 1. The molecule has 3 heterocycles. The molecule has 2 aromatic heterocycles. The number of H-pyrrole nitrogens is 1. The van der Waals surface area contributed by atoms with Crippen molar-refractivity contribution < 1.29 is 4.79 Å². The van der Waals surface area contributed by atoms with Gasteiger partial charge < -0.3 is 14.9 Å². The molecular weight excluding hydrogens is 421 g/mol. The molecule has 6 nitrogen and oxygen atoms in total. The van der Waals surface area contributed by atoms with Crippen molar-refractivity contribution in [3.63, 3.8) is 0 Å². The van der Waals surface area contributed by atoms with Crippen LogP contribution in [0.15, 0.2) is 53.6 Å². The molecule has 148 valence electrons. The molecule has 0 fully saturated rings. The molecule has 0 bridgehead atoms. The Morgan fingerprint density at radius 2 is 2.00 bits per heavy atom. The standard InChI is InChI=1S/C19H17N5O.3ClH/c25-19-16(9-15-18-17(19)23-11-24(18)8-7-21-15)20-6-5-12-10-22-14-4-2-1-3-13(12)14;;;/h1-4,9-11,20,22H,5-8H2;3*1H. The van der Waals surface area contributed by atoms with Gasteiger partial charge in [0.15, 0.2) is 0 Å². The van der Waals surface area contributed by atoms with E-state index in [0.717, 1.165) is 36.4 Å². The summed E-state index contributed by atoms with van der Waals surface area (Å²) in [6.07, 6.45) is 6.47. The minimum Gasteiger partial charge on any atom is -0.381 e. The maximum Gasteiger partial charge on any atom is 0.229 e. The lowest BCUT2D eigenvalue weighted by Gasteiger charge is -2.20. The number of fused-ring (bicyclic) bond motifs is 1. The van der Waals surface area contributed by atoms with Crippen molar-refractivity contribution in [1.29, 1.82) is 0 Å². The number of aromatic nitrogens is 3.